The molecule has 0 saturated heterocycles. The Kier molecular flexibility index (Phi) is 4.32. The van der Waals surface area contributed by atoms with Gasteiger partial charge in [-0.05, 0) is 53.4 Å². The van der Waals surface area contributed by atoms with Gasteiger partial charge >= 0.3 is 5.97 Å². The standard InChI is InChI=1S/C19H24O4S/c1-19(2)16-9-8-15(17(19)10-16)11-23-18(20)14-6-4-13(5-7-14)12-24(3,21)22/h4-8,16-17H,9-12H2,1-3H3/t16-,17-/m0/s1. The quantitative estimate of drug-likeness (QED) is 0.604. The van der Waals surface area contributed by atoms with E-state index in [9.17, 15) is 13.2 Å². The Balaban J connectivity index is 1.59. The number of fused-ring (bicyclic) bond motifs is 1. The van der Waals surface area contributed by atoms with Crippen LogP contribution in [0.25, 0.3) is 0 Å². The van der Waals surface area contributed by atoms with Gasteiger partial charge < -0.3 is 4.74 Å². The fourth-order valence-corrected chi connectivity index (χ4v) is 4.71. The minimum atomic E-state index is -3.07. The fourth-order valence-electron chi connectivity index (χ4n) is 3.91. The molecule has 4 rings (SSSR count). The summed E-state index contributed by atoms with van der Waals surface area (Å²) in [6, 6.07) is 6.58. The number of hydrogen-bond acceptors (Lipinski definition) is 4. The summed E-state index contributed by atoms with van der Waals surface area (Å²) in [6.45, 7) is 4.94. The van der Waals surface area contributed by atoms with E-state index in [1.807, 2.05) is 0 Å². The second kappa shape index (κ2) is 6.03. The predicted octanol–water partition coefficient (Wildman–Crippen LogP) is 3.38. The first kappa shape index (κ1) is 17.2. The van der Waals surface area contributed by atoms with Gasteiger partial charge in [0.05, 0.1) is 11.3 Å². The average Bonchev–Trinajstić information content (AvgIpc) is 2.51. The number of rotatable bonds is 5. The summed E-state index contributed by atoms with van der Waals surface area (Å²) in [5, 5.41) is 0. The van der Waals surface area contributed by atoms with Crippen LogP contribution in [0.1, 0.15) is 42.6 Å². The topological polar surface area (TPSA) is 60.4 Å². The molecule has 1 fully saturated rings. The summed E-state index contributed by atoms with van der Waals surface area (Å²) >= 11 is 0. The Labute approximate surface area is 143 Å². The van der Waals surface area contributed by atoms with Crippen molar-refractivity contribution in [1.82, 2.24) is 0 Å². The third-order valence-corrected chi connectivity index (χ3v) is 6.43. The molecule has 1 aromatic rings. The van der Waals surface area contributed by atoms with Crippen molar-refractivity contribution < 1.29 is 17.9 Å². The number of carbonyl (C=O) groups is 1. The lowest BCUT2D eigenvalue weighted by molar-refractivity contribution is -0.0155. The number of carbonyl (C=O) groups excluding carboxylic acids is 1. The van der Waals surface area contributed by atoms with E-state index in [1.165, 1.54) is 18.2 Å². The largest absolute Gasteiger partial charge is 0.458 e. The molecule has 2 bridgehead atoms. The van der Waals surface area contributed by atoms with E-state index in [2.05, 4.69) is 19.9 Å². The summed E-state index contributed by atoms with van der Waals surface area (Å²) in [5.41, 5.74) is 2.69. The minimum Gasteiger partial charge on any atom is -0.458 e. The third-order valence-electron chi connectivity index (χ3n) is 5.57. The van der Waals surface area contributed by atoms with Gasteiger partial charge in [-0.25, -0.2) is 13.2 Å². The molecule has 0 radical (unpaired) electrons. The van der Waals surface area contributed by atoms with Crippen LogP contribution < -0.4 is 0 Å². The molecule has 4 nitrogen and oxygen atoms in total. The molecule has 0 aromatic heterocycles. The first-order chi connectivity index (χ1) is 11.2. The normalized spacial score (nSPS) is 24.7. The Hall–Kier alpha value is -1.62. The summed E-state index contributed by atoms with van der Waals surface area (Å²) in [6.07, 6.45) is 5.71. The summed E-state index contributed by atoms with van der Waals surface area (Å²) in [4.78, 5) is 12.2. The second-order valence-electron chi connectivity index (χ2n) is 7.66. The molecule has 0 heterocycles. The number of ether oxygens (including phenoxy) is 1. The van der Waals surface area contributed by atoms with E-state index < -0.39 is 9.84 Å². The van der Waals surface area contributed by atoms with Gasteiger partial charge in [0.2, 0.25) is 0 Å². The first-order valence-corrected chi connectivity index (χ1v) is 10.4. The third kappa shape index (κ3) is 3.41. The lowest BCUT2D eigenvalue weighted by Gasteiger charge is -2.56. The van der Waals surface area contributed by atoms with Crippen molar-refractivity contribution in [3.8, 4) is 0 Å². The van der Waals surface area contributed by atoms with Crippen LogP contribution in [0.3, 0.4) is 0 Å². The van der Waals surface area contributed by atoms with Gasteiger partial charge in [-0.15, -0.1) is 0 Å². The Morgan fingerprint density at radius 3 is 2.46 bits per heavy atom. The highest BCUT2D eigenvalue weighted by Crippen LogP contribution is 2.59. The van der Waals surface area contributed by atoms with Gasteiger partial charge in [0.15, 0.2) is 9.84 Å². The van der Waals surface area contributed by atoms with E-state index in [0.717, 1.165) is 12.3 Å². The molecule has 2 atom stereocenters. The van der Waals surface area contributed by atoms with Gasteiger partial charge in [-0.2, -0.15) is 0 Å². The maximum absolute atomic E-state index is 12.2. The number of benzene rings is 1. The molecule has 0 amide bonds. The highest BCUT2D eigenvalue weighted by atomic mass is 32.2. The summed E-state index contributed by atoms with van der Waals surface area (Å²) in [5.74, 6) is 0.916. The maximum Gasteiger partial charge on any atom is 0.338 e. The van der Waals surface area contributed by atoms with Crippen LogP contribution in [0.2, 0.25) is 0 Å². The lowest BCUT2D eigenvalue weighted by Crippen LogP contribution is -2.48. The maximum atomic E-state index is 12.2. The zero-order chi connectivity index (χ0) is 17.5. The Morgan fingerprint density at radius 2 is 1.92 bits per heavy atom. The highest BCUT2D eigenvalue weighted by molar-refractivity contribution is 7.89. The zero-order valence-corrected chi connectivity index (χ0v) is 15.2. The molecule has 5 heteroatoms. The van der Waals surface area contributed by atoms with Crippen LogP contribution in [-0.4, -0.2) is 27.2 Å². The molecular formula is C19H24O4S. The van der Waals surface area contributed by atoms with Crippen LogP contribution in [0.4, 0.5) is 0 Å². The van der Waals surface area contributed by atoms with Gasteiger partial charge in [0.1, 0.15) is 6.61 Å². The molecule has 3 aliphatic rings. The van der Waals surface area contributed by atoms with Crippen molar-refractivity contribution in [2.75, 3.05) is 12.9 Å². The van der Waals surface area contributed by atoms with Crippen LogP contribution in [0, 0.1) is 17.3 Å². The second-order valence-corrected chi connectivity index (χ2v) is 9.80. The molecule has 0 N–H and O–H groups in total. The van der Waals surface area contributed by atoms with Crippen LogP contribution in [0.5, 0.6) is 0 Å². The van der Waals surface area contributed by atoms with Gasteiger partial charge in [-0.1, -0.05) is 32.1 Å². The summed E-state index contributed by atoms with van der Waals surface area (Å²) in [7, 11) is -3.07. The molecular weight excluding hydrogens is 324 g/mol. The summed E-state index contributed by atoms with van der Waals surface area (Å²) < 4.78 is 28.0. The Morgan fingerprint density at radius 1 is 1.25 bits per heavy atom. The van der Waals surface area contributed by atoms with Crippen LogP contribution in [0.15, 0.2) is 35.9 Å². The van der Waals surface area contributed by atoms with E-state index in [4.69, 9.17) is 4.74 Å². The number of sulfone groups is 1. The van der Waals surface area contributed by atoms with Crippen molar-refractivity contribution in [2.24, 2.45) is 17.3 Å². The highest BCUT2D eigenvalue weighted by Gasteiger charge is 2.51. The monoisotopic (exact) mass is 348 g/mol. The van der Waals surface area contributed by atoms with E-state index in [-0.39, 0.29) is 11.7 Å². The smallest absolute Gasteiger partial charge is 0.338 e. The number of allylic oxidation sites excluding steroid dienone is 1. The van der Waals surface area contributed by atoms with Crippen LogP contribution >= 0.6 is 0 Å². The predicted molar refractivity (Wildman–Crippen MR) is 93.4 cm³/mol. The molecule has 0 unspecified atom stereocenters. The molecule has 1 saturated carbocycles. The Bertz CT molecular complexity index is 772. The van der Waals surface area contributed by atoms with Crippen molar-refractivity contribution in [3.05, 3.63) is 47.0 Å². The van der Waals surface area contributed by atoms with Crippen molar-refractivity contribution in [1.29, 1.82) is 0 Å². The molecule has 3 aliphatic carbocycles. The first-order valence-electron chi connectivity index (χ1n) is 8.29. The van der Waals surface area contributed by atoms with Gasteiger partial charge in [-0.3, -0.25) is 0 Å². The fraction of sp³-hybridized carbons (Fsp3) is 0.526. The number of esters is 1. The average molecular weight is 348 g/mol. The number of hydrogen-bond donors (Lipinski definition) is 0. The van der Waals surface area contributed by atoms with Gasteiger partial charge in [0, 0.05) is 6.26 Å². The van der Waals surface area contributed by atoms with E-state index in [1.54, 1.807) is 24.3 Å². The molecule has 1 aromatic carbocycles. The molecule has 0 spiro atoms. The zero-order valence-electron chi connectivity index (χ0n) is 14.4. The van der Waals surface area contributed by atoms with Crippen molar-refractivity contribution in [3.63, 3.8) is 0 Å². The SMILES string of the molecule is CC1(C)[C@H]2CC=C(COC(=O)c3ccc(CS(C)(=O)=O)cc3)[C@@H]1C2. The van der Waals surface area contributed by atoms with Crippen molar-refractivity contribution in [2.45, 2.75) is 32.4 Å². The molecule has 24 heavy (non-hydrogen) atoms. The van der Waals surface area contributed by atoms with Crippen LogP contribution in [-0.2, 0) is 20.3 Å². The van der Waals surface area contributed by atoms with Crippen molar-refractivity contribution >= 4 is 15.8 Å². The molecule has 130 valence electrons. The molecule has 0 aliphatic heterocycles. The van der Waals surface area contributed by atoms with E-state index in [0.29, 0.717) is 29.1 Å². The van der Waals surface area contributed by atoms with Gasteiger partial charge in [0.25, 0.3) is 0 Å². The van der Waals surface area contributed by atoms with E-state index >= 15 is 0 Å². The minimum absolute atomic E-state index is 0.0207. The lowest BCUT2D eigenvalue weighted by atomic mass is 9.49.